The van der Waals surface area contributed by atoms with Crippen LogP contribution >= 0.6 is 11.3 Å². The van der Waals surface area contributed by atoms with Gasteiger partial charge in [-0.1, -0.05) is 6.07 Å². The summed E-state index contributed by atoms with van der Waals surface area (Å²) in [4.78, 5) is 8.61. The van der Waals surface area contributed by atoms with Crippen LogP contribution in [0.3, 0.4) is 0 Å². The van der Waals surface area contributed by atoms with E-state index in [0.717, 1.165) is 18.8 Å². The van der Waals surface area contributed by atoms with Crippen molar-refractivity contribution in [3.63, 3.8) is 0 Å². The minimum absolute atomic E-state index is 0.346. The van der Waals surface area contributed by atoms with Crippen LogP contribution in [0.4, 0.5) is 5.82 Å². The third-order valence-corrected chi connectivity index (χ3v) is 5.27. The molecule has 0 saturated heterocycles. The quantitative estimate of drug-likeness (QED) is 0.936. The van der Waals surface area contributed by atoms with Crippen molar-refractivity contribution in [2.75, 3.05) is 18.5 Å². The molecular formula is C16H21N3S. The molecule has 4 heteroatoms. The van der Waals surface area contributed by atoms with E-state index in [-0.39, 0.29) is 0 Å². The highest BCUT2D eigenvalue weighted by atomic mass is 32.1. The minimum Gasteiger partial charge on any atom is -0.349 e. The number of anilines is 1. The molecule has 20 heavy (non-hydrogen) atoms. The van der Waals surface area contributed by atoms with E-state index in [1.165, 1.54) is 16.0 Å². The maximum atomic E-state index is 4.67. The van der Waals surface area contributed by atoms with E-state index in [4.69, 9.17) is 0 Å². The van der Waals surface area contributed by atoms with Crippen molar-refractivity contribution in [1.82, 2.24) is 10.3 Å². The molecule has 0 aromatic carbocycles. The molecule has 1 aliphatic rings. The lowest BCUT2D eigenvalue weighted by Crippen LogP contribution is -2.33. The molecule has 2 aromatic rings. The van der Waals surface area contributed by atoms with E-state index in [1.807, 2.05) is 24.6 Å². The van der Waals surface area contributed by atoms with Gasteiger partial charge in [0.1, 0.15) is 5.82 Å². The maximum absolute atomic E-state index is 4.67. The zero-order valence-corrected chi connectivity index (χ0v) is 13.1. The number of aromatic nitrogens is 1. The van der Waals surface area contributed by atoms with Crippen LogP contribution in [0.5, 0.6) is 0 Å². The largest absolute Gasteiger partial charge is 0.349 e. The third kappa shape index (κ3) is 2.34. The van der Waals surface area contributed by atoms with Crippen LogP contribution in [-0.2, 0) is 6.42 Å². The number of nitrogens with one attached hydrogen (secondary N) is 1. The third-order valence-electron chi connectivity index (χ3n) is 4.28. The molecule has 1 aliphatic heterocycles. The van der Waals surface area contributed by atoms with Crippen LogP contribution in [0.2, 0.25) is 0 Å². The fourth-order valence-electron chi connectivity index (χ4n) is 2.81. The van der Waals surface area contributed by atoms with Crippen molar-refractivity contribution in [2.45, 2.75) is 32.4 Å². The summed E-state index contributed by atoms with van der Waals surface area (Å²) in [7, 11) is 1.98. The van der Waals surface area contributed by atoms with Gasteiger partial charge in [-0.3, -0.25) is 0 Å². The van der Waals surface area contributed by atoms with Crippen LogP contribution in [0.25, 0.3) is 0 Å². The minimum atomic E-state index is 0.346. The molecule has 2 unspecified atom stereocenters. The van der Waals surface area contributed by atoms with Crippen LogP contribution in [0, 0.1) is 0 Å². The summed E-state index contributed by atoms with van der Waals surface area (Å²) in [6.07, 6.45) is 3.13. The number of hydrogen-bond acceptors (Lipinski definition) is 4. The zero-order valence-electron chi connectivity index (χ0n) is 12.3. The first kappa shape index (κ1) is 13.6. The molecule has 3 rings (SSSR count). The SMILES string of the molecule is CNC(C)c1ccc(N2CCc3sccc3C2C)nc1. The molecule has 0 radical (unpaired) electrons. The van der Waals surface area contributed by atoms with Gasteiger partial charge in [-0.25, -0.2) is 4.98 Å². The predicted octanol–water partition coefficient (Wildman–Crippen LogP) is 3.55. The van der Waals surface area contributed by atoms with Gasteiger partial charge in [0.05, 0.1) is 6.04 Å². The van der Waals surface area contributed by atoms with Crippen LogP contribution in [0.15, 0.2) is 29.8 Å². The highest BCUT2D eigenvalue weighted by molar-refractivity contribution is 7.10. The number of fused-ring (bicyclic) bond motifs is 1. The molecule has 0 spiro atoms. The molecule has 2 atom stereocenters. The summed E-state index contributed by atoms with van der Waals surface area (Å²) < 4.78 is 0. The number of hydrogen-bond donors (Lipinski definition) is 1. The molecule has 0 saturated carbocycles. The molecular weight excluding hydrogens is 266 g/mol. The number of thiophene rings is 1. The standard InChI is InChI=1S/C16H21N3S/c1-11(17-3)13-4-5-16(18-10-13)19-8-6-15-14(12(19)2)7-9-20-15/h4-5,7,9-12,17H,6,8H2,1-3H3. The number of nitrogens with zero attached hydrogens (tertiary/aromatic N) is 2. The molecule has 2 aromatic heterocycles. The molecule has 106 valence electrons. The topological polar surface area (TPSA) is 28.2 Å². The van der Waals surface area contributed by atoms with Crippen LogP contribution in [-0.4, -0.2) is 18.6 Å². The van der Waals surface area contributed by atoms with E-state index in [9.17, 15) is 0 Å². The molecule has 0 aliphatic carbocycles. The van der Waals surface area contributed by atoms with Gasteiger partial charge in [0.15, 0.2) is 0 Å². The normalized spacial score (nSPS) is 19.8. The van der Waals surface area contributed by atoms with Crippen molar-refractivity contribution in [1.29, 1.82) is 0 Å². The van der Waals surface area contributed by atoms with Gasteiger partial charge in [-0.05, 0) is 56.0 Å². The first-order valence-corrected chi connectivity index (χ1v) is 8.04. The monoisotopic (exact) mass is 287 g/mol. The molecule has 0 fully saturated rings. The van der Waals surface area contributed by atoms with E-state index < -0.39 is 0 Å². The Balaban J connectivity index is 1.83. The van der Waals surface area contributed by atoms with Crippen molar-refractivity contribution in [3.8, 4) is 0 Å². The fraction of sp³-hybridized carbons (Fsp3) is 0.438. The average Bonchev–Trinajstić information content (AvgIpc) is 2.96. The Hall–Kier alpha value is -1.39. The summed E-state index contributed by atoms with van der Waals surface area (Å²) in [5.41, 5.74) is 2.70. The predicted molar refractivity (Wildman–Crippen MR) is 85.5 cm³/mol. The second-order valence-electron chi connectivity index (χ2n) is 5.38. The van der Waals surface area contributed by atoms with Crippen molar-refractivity contribution < 1.29 is 0 Å². The summed E-state index contributed by atoms with van der Waals surface area (Å²) in [5, 5.41) is 5.45. The fourth-order valence-corrected chi connectivity index (χ4v) is 3.78. The highest BCUT2D eigenvalue weighted by Crippen LogP contribution is 2.35. The number of pyridine rings is 1. The van der Waals surface area contributed by atoms with Gasteiger partial charge in [-0.2, -0.15) is 0 Å². The van der Waals surface area contributed by atoms with Gasteiger partial charge in [0.25, 0.3) is 0 Å². The molecule has 3 heterocycles. The van der Waals surface area contributed by atoms with Crippen molar-refractivity contribution in [3.05, 3.63) is 45.8 Å². The van der Waals surface area contributed by atoms with Crippen molar-refractivity contribution in [2.24, 2.45) is 0 Å². The Bertz CT molecular complexity index is 576. The summed E-state index contributed by atoms with van der Waals surface area (Å²) in [6, 6.07) is 7.36. The van der Waals surface area contributed by atoms with Gasteiger partial charge in [-0.15, -0.1) is 11.3 Å². The summed E-state index contributed by atoms with van der Waals surface area (Å²) >= 11 is 1.88. The molecule has 1 N–H and O–H groups in total. The lowest BCUT2D eigenvalue weighted by molar-refractivity contribution is 0.621. The summed E-state index contributed by atoms with van der Waals surface area (Å²) in [6.45, 7) is 5.48. The van der Waals surface area contributed by atoms with Gasteiger partial charge < -0.3 is 10.2 Å². The van der Waals surface area contributed by atoms with E-state index in [0.29, 0.717) is 12.1 Å². The second kappa shape index (κ2) is 5.54. The first-order valence-electron chi connectivity index (χ1n) is 7.17. The molecule has 3 nitrogen and oxygen atoms in total. The van der Waals surface area contributed by atoms with E-state index in [1.54, 1.807) is 0 Å². The Kier molecular flexibility index (Phi) is 3.76. The lowest BCUT2D eigenvalue weighted by atomic mass is 10.0. The van der Waals surface area contributed by atoms with E-state index >= 15 is 0 Å². The lowest BCUT2D eigenvalue weighted by Gasteiger charge is -2.34. The van der Waals surface area contributed by atoms with Gasteiger partial charge >= 0.3 is 0 Å². The number of rotatable bonds is 3. The Morgan fingerprint density at radius 3 is 2.95 bits per heavy atom. The molecule has 0 amide bonds. The van der Waals surface area contributed by atoms with Crippen molar-refractivity contribution >= 4 is 17.2 Å². The Labute approximate surface area is 124 Å². The maximum Gasteiger partial charge on any atom is 0.129 e. The van der Waals surface area contributed by atoms with Crippen LogP contribution < -0.4 is 10.2 Å². The summed E-state index contributed by atoms with van der Waals surface area (Å²) in [5.74, 6) is 1.08. The van der Waals surface area contributed by atoms with E-state index in [2.05, 4.69) is 52.6 Å². The smallest absolute Gasteiger partial charge is 0.129 e. The molecule has 0 bridgehead atoms. The van der Waals surface area contributed by atoms with Crippen LogP contribution in [0.1, 0.15) is 41.9 Å². The zero-order chi connectivity index (χ0) is 14.1. The average molecular weight is 287 g/mol. The second-order valence-corrected chi connectivity index (χ2v) is 6.38. The highest BCUT2D eigenvalue weighted by Gasteiger charge is 2.25. The Morgan fingerprint density at radius 2 is 2.25 bits per heavy atom. The van der Waals surface area contributed by atoms with Gasteiger partial charge in [0.2, 0.25) is 0 Å². The Morgan fingerprint density at radius 1 is 1.40 bits per heavy atom. The first-order chi connectivity index (χ1) is 9.70. The van der Waals surface area contributed by atoms with Gasteiger partial charge in [0, 0.05) is 23.7 Å².